The van der Waals surface area contributed by atoms with E-state index >= 15 is 0 Å². The van der Waals surface area contributed by atoms with Crippen LogP contribution < -0.4 is 5.32 Å². The van der Waals surface area contributed by atoms with Crippen LogP contribution in [0, 0.1) is 11.8 Å². The molecule has 2 aliphatic rings. The summed E-state index contributed by atoms with van der Waals surface area (Å²) in [5.41, 5.74) is 0. The lowest BCUT2D eigenvalue weighted by Crippen LogP contribution is -2.45. The van der Waals surface area contributed by atoms with Crippen LogP contribution in [0.3, 0.4) is 0 Å². The number of hydrogen-bond donors (Lipinski definition) is 1. The van der Waals surface area contributed by atoms with E-state index in [9.17, 15) is 4.79 Å². The van der Waals surface area contributed by atoms with E-state index < -0.39 is 0 Å². The normalized spacial score (nSPS) is 24.6. The summed E-state index contributed by atoms with van der Waals surface area (Å²) in [5, 5.41) is 3.63. The first kappa shape index (κ1) is 15.8. The SMILES string of the molecule is CCCC(CCC)C(=O)N1CCC(C2CCCN2)CC1. The maximum Gasteiger partial charge on any atom is 0.225 e. The number of amides is 1. The molecule has 0 aliphatic carbocycles. The minimum atomic E-state index is 0.283. The number of piperidine rings is 1. The topological polar surface area (TPSA) is 32.3 Å². The van der Waals surface area contributed by atoms with Crippen LogP contribution in [0.2, 0.25) is 0 Å². The van der Waals surface area contributed by atoms with Crippen LogP contribution in [0.5, 0.6) is 0 Å². The van der Waals surface area contributed by atoms with Crippen molar-refractivity contribution in [1.82, 2.24) is 10.2 Å². The molecule has 3 nitrogen and oxygen atoms in total. The molecule has 20 heavy (non-hydrogen) atoms. The third-order valence-electron chi connectivity index (χ3n) is 5.14. The number of hydrogen-bond acceptors (Lipinski definition) is 2. The molecule has 2 aliphatic heterocycles. The lowest BCUT2D eigenvalue weighted by atomic mass is 9.87. The fourth-order valence-corrected chi connectivity index (χ4v) is 3.98. The second-order valence-electron chi connectivity index (χ2n) is 6.64. The number of nitrogens with zero attached hydrogens (tertiary/aromatic N) is 1. The van der Waals surface area contributed by atoms with E-state index in [1.165, 1.54) is 32.2 Å². The van der Waals surface area contributed by atoms with Gasteiger partial charge in [-0.3, -0.25) is 4.79 Å². The fourth-order valence-electron chi connectivity index (χ4n) is 3.98. The zero-order valence-corrected chi connectivity index (χ0v) is 13.4. The minimum absolute atomic E-state index is 0.283. The van der Waals surface area contributed by atoms with Gasteiger partial charge in [0.25, 0.3) is 0 Å². The molecule has 0 bridgehead atoms. The largest absolute Gasteiger partial charge is 0.342 e. The van der Waals surface area contributed by atoms with E-state index in [1.807, 2.05) is 0 Å². The van der Waals surface area contributed by atoms with E-state index in [0.29, 0.717) is 5.91 Å². The van der Waals surface area contributed by atoms with Crippen molar-refractivity contribution in [3.63, 3.8) is 0 Å². The Labute approximate surface area is 124 Å². The number of nitrogens with one attached hydrogen (secondary N) is 1. The predicted octanol–water partition coefficient (Wildman–Crippen LogP) is 3.19. The molecule has 2 fully saturated rings. The maximum atomic E-state index is 12.6. The number of carbonyl (C=O) groups is 1. The quantitative estimate of drug-likeness (QED) is 0.810. The van der Waals surface area contributed by atoms with Crippen LogP contribution in [0.1, 0.15) is 65.2 Å². The van der Waals surface area contributed by atoms with Gasteiger partial charge in [0, 0.05) is 25.0 Å². The monoisotopic (exact) mass is 280 g/mol. The van der Waals surface area contributed by atoms with Crippen molar-refractivity contribution in [3.8, 4) is 0 Å². The van der Waals surface area contributed by atoms with Gasteiger partial charge in [0.15, 0.2) is 0 Å². The van der Waals surface area contributed by atoms with Crippen molar-refractivity contribution in [3.05, 3.63) is 0 Å². The van der Waals surface area contributed by atoms with Gasteiger partial charge < -0.3 is 10.2 Å². The molecule has 1 amide bonds. The lowest BCUT2D eigenvalue weighted by Gasteiger charge is -2.36. The molecular formula is C17H32N2O. The second kappa shape index (κ2) is 8.02. The van der Waals surface area contributed by atoms with Crippen molar-refractivity contribution in [2.75, 3.05) is 19.6 Å². The second-order valence-corrected chi connectivity index (χ2v) is 6.64. The van der Waals surface area contributed by atoms with Gasteiger partial charge in [0.05, 0.1) is 0 Å². The Balaban J connectivity index is 1.80. The Morgan fingerprint density at radius 3 is 2.30 bits per heavy atom. The van der Waals surface area contributed by atoms with Crippen LogP contribution in [0.4, 0.5) is 0 Å². The van der Waals surface area contributed by atoms with Crippen molar-refractivity contribution in [2.24, 2.45) is 11.8 Å². The zero-order valence-electron chi connectivity index (χ0n) is 13.4. The molecular weight excluding hydrogens is 248 g/mol. The third-order valence-corrected chi connectivity index (χ3v) is 5.14. The van der Waals surface area contributed by atoms with Gasteiger partial charge in [-0.25, -0.2) is 0 Å². The van der Waals surface area contributed by atoms with Crippen molar-refractivity contribution in [2.45, 2.75) is 71.3 Å². The first-order valence-corrected chi connectivity index (χ1v) is 8.78. The lowest BCUT2D eigenvalue weighted by molar-refractivity contribution is -0.137. The summed E-state index contributed by atoms with van der Waals surface area (Å²) in [6.45, 7) is 7.55. The van der Waals surface area contributed by atoms with Crippen LogP contribution in [0.15, 0.2) is 0 Å². The van der Waals surface area contributed by atoms with Gasteiger partial charge in [0.1, 0.15) is 0 Å². The maximum absolute atomic E-state index is 12.6. The van der Waals surface area contributed by atoms with Crippen molar-refractivity contribution in [1.29, 1.82) is 0 Å². The molecule has 116 valence electrons. The highest BCUT2D eigenvalue weighted by molar-refractivity contribution is 5.78. The summed E-state index contributed by atoms with van der Waals surface area (Å²) < 4.78 is 0. The van der Waals surface area contributed by atoms with E-state index in [-0.39, 0.29) is 5.92 Å². The molecule has 1 N–H and O–H groups in total. The average Bonchev–Trinajstić information content (AvgIpc) is 3.01. The molecule has 3 heteroatoms. The van der Waals surface area contributed by atoms with E-state index in [4.69, 9.17) is 0 Å². The highest BCUT2D eigenvalue weighted by Crippen LogP contribution is 2.27. The molecule has 0 spiro atoms. The summed E-state index contributed by atoms with van der Waals surface area (Å²) in [5.74, 6) is 1.52. The van der Waals surface area contributed by atoms with Crippen LogP contribution >= 0.6 is 0 Å². The summed E-state index contributed by atoms with van der Waals surface area (Å²) >= 11 is 0. The van der Waals surface area contributed by atoms with Gasteiger partial charge in [-0.15, -0.1) is 0 Å². The predicted molar refractivity (Wildman–Crippen MR) is 83.6 cm³/mol. The highest BCUT2D eigenvalue weighted by atomic mass is 16.2. The molecule has 0 aromatic carbocycles. The van der Waals surface area contributed by atoms with Gasteiger partial charge in [-0.05, 0) is 51.0 Å². The van der Waals surface area contributed by atoms with Crippen molar-refractivity contribution < 1.29 is 4.79 Å². The van der Waals surface area contributed by atoms with Crippen LogP contribution in [0.25, 0.3) is 0 Å². The zero-order chi connectivity index (χ0) is 14.4. The standard InChI is InChI=1S/C17H32N2O/c1-3-6-15(7-4-2)17(20)19-12-9-14(10-13-19)16-8-5-11-18-16/h14-16,18H,3-13H2,1-2H3. The van der Waals surface area contributed by atoms with Crippen LogP contribution in [-0.4, -0.2) is 36.5 Å². The third kappa shape index (κ3) is 3.97. The first-order valence-electron chi connectivity index (χ1n) is 8.78. The van der Waals surface area contributed by atoms with E-state index in [0.717, 1.165) is 50.7 Å². The van der Waals surface area contributed by atoms with E-state index in [1.54, 1.807) is 0 Å². The summed E-state index contributed by atoms with van der Waals surface area (Å²) in [6, 6.07) is 0.731. The number of carbonyl (C=O) groups excluding carboxylic acids is 1. The molecule has 1 atom stereocenters. The molecule has 0 saturated carbocycles. The van der Waals surface area contributed by atoms with E-state index in [2.05, 4.69) is 24.1 Å². The molecule has 2 rings (SSSR count). The van der Waals surface area contributed by atoms with Crippen LogP contribution in [-0.2, 0) is 4.79 Å². The Hall–Kier alpha value is -0.570. The Morgan fingerprint density at radius 2 is 1.80 bits per heavy atom. The van der Waals surface area contributed by atoms with Gasteiger partial charge >= 0.3 is 0 Å². The Kier molecular flexibility index (Phi) is 6.34. The fraction of sp³-hybridized carbons (Fsp3) is 0.941. The van der Waals surface area contributed by atoms with Gasteiger partial charge in [-0.2, -0.15) is 0 Å². The van der Waals surface area contributed by atoms with Gasteiger partial charge in [0.2, 0.25) is 5.91 Å². The summed E-state index contributed by atoms with van der Waals surface area (Å²) in [6.07, 6.45) is 9.46. The number of rotatable bonds is 6. The Morgan fingerprint density at radius 1 is 1.15 bits per heavy atom. The minimum Gasteiger partial charge on any atom is -0.342 e. The molecule has 2 saturated heterocycles. The molecule has 0 radical (unpaired) electrons. The molecule has 1 unspecified atom stereocenters. The first-order chi connectivity index (χ1) is 9.76. The Bertz CT molecular complexity index is 285. The van der Waals surface area contributed by atoms with Gasteiger partial charge in [-0.1, -0.05) is 26.7 Å². The molecule has 0 aromatic rings. The smallest absolute Gasteiger partial charge is 0.225 e. The molecule has 2 heterocycles. The summed E-state index contributed by atoms with van der Waals surface area (Å²) in [4.78, 5) is 14.8. The molecule has 0 aromatic heterocycles. The highest BCUT2D eigenvalue weighted by Gasteiger charge is 2.31. The average molecular weight is 280 g/mol. The van der Waals surface area contributed by atoms with Crippen molar-refractivity contribution >= 4 is 5.91 Å². The number of likely N-dealkylation sites (tertiary alicyclic amines) is 1. The summed E-state index contributed by atoms with van der Waals surface area (Å²) in [7, 11) is 0.